The molecule has 0 N–H and O–H groups in total. The summed E-state index contributed by atoms with van der Waals surface area (Å²) in [7, 11) is 3.09. The predicted molar refractivity (Wildman–Crippen MR) is 105 cm³/mol. The molecule has 1 amide bonds. The Balaban J connectivity index is 1.44. The van der Waals surface area contributed by atoms with Crippen molar-refractivity contribution in [2.45, 2.75) is 0 Å². The molecule has 1 aliphatic rings. The molecular formula is C19H21N7O3. The standard InChI is InChI=1S/C19H21N7O3/c1-28-14-4-3-5-15(29-2)18(14)19(27)25-10-8-24(9-11-25)16-6-7-17(23-22-16)26-13-20-12-21-26/h3-7,12-13H,8-11H2,1-2H3. The second-order valence-electron chi connectivity index (χ2n) is 6.41. The van der Waals surface area contributed by atoms with Crippen LogP contribution >= 0.6 is 0 Å². The number of nitrogens with zero attached hydrogens (tertiary/aromatic N) is 7. The molecule has 0 unspecified atom stereocenters. The first-order chi connectivity index (χ1) is 14.2. The third kappa shape index (κ3) is 3.68. The van der Waals surface area contributed by atoms with Gasteiger partial charge in [0.1, 0.15) is 29.7 Å². The molecule has 29 heavy (non-hydrogen) atoms. The summed E-state index contributed by atoms with van der Waals surface area (Å²) < 4.78 is 12.3. The Morgan fingerprint density at radius 3 is 2.14 bits per heavy atom. The van der Waals surface area contributed by atoms with Crippen molar-refractivity contribution in [1.82, 2.24) is 29.9 Å². The fourth-order valence-corrected chi connectivity index (χ4v) is 3.29. The molecule has 10 heteroatoms. The number of piperazine rings is 1. The minimum Gasteiger partial charge on any atom is -0.496 e. The van der Waals surface area contributed by atoms with Crippen LogP contribution in [0, 0.1) is 0 Å². The van der Waals surface area contributed by atoms with E-state index >= 15 is 0 Å². The summed E-state index contributed by atoms with van der Waals surface area (Å²) >= 11 is 0. The van der Waals surface area contributed by atoms with Crippen molar-refractivity contribution in [3.63, 3.8) is 0 Å². The van der Waals surface area contributed by atoms with Gasteiger partial charge in [-0.2, -0.15) is 5.10 Å². The molecule has 0 radical (unpaired) electrons. The summed E-state index contributed by atoms with van der Waals surface area (Å²) in [6.45, 7) is 2.43. The van der Waals surface area contributed by atoms with Crippen LogP contribution in [0.4, 0.5) is 5.82 Å². The van der Waals surface area contributed by atoms with Gasteiger partial charge in [-0.3, -0.25) is 4.79 Å². The van der Waals surface area contributed by atoms with E-state index in [4.69, 9.17) is 9.47 Å². The fourth-order valence-electron chi connectivity index (χ4n) is 3.29. The van der Waals surface area contributed by atoms with Gasteiger partial charge in [-0.25, -0.2) is 9.67 Å². The number of hydrogen-bond donors (Lipinski definition) is 0. The average molecular weight is 395 g/mol. The molecule has 4 rings (SSSR count). The molecular weight excluding hydrogens is 374 g/mol. The summed E-state index contributed by atoms with van der Waals surface area (Å²) in [6, 6.07) is 9.06. The Hall–Kier alpha value is -3.69. The molecule has 1 aliphatic heterocycles. The van der Waals surface area contributed by atoms with Crippen molar-refractivity contribution >= 4 is 11.7 Å². The molecule has 3 aromatic rings. The molecule has 1 fully saturated rings. The Kier molecular flexibility index (Phi) is 5.23. The van der Waals surface area contributed by atoms with Gasteiger partial charge in [-0.15, -0.1) is 10.2 Å². The normalized spacial score (nSPS) is 14.0. The third-order valence-corrected chi connectivity index (χ3v) is 4.82. The van der Waals surface area contributed by atoms with Crippen molar-refractivity contribution in [3.8, 4) is 17.3 Å². The number of rotatable bonds is 5. The average Bonchev–Trinajstić information content (AvgIpc) is 3.33. The Morgan fingerprint density at radius 2 is 1.59 bits per heavy atom. The first kappa shape index (κ1) is 18.7. The zero-order chi connectivity index (χ0) is 20.2. The third-order valence-electron chi connectivity index (χ3n) is 4.82. The van der Waals surface area contributed by atoms with Gasteiger partial charge in [-0.1, -0.05) is 6.07 Å². The molecule has 0 aliphatic carbocycles. The van der Waals surface area contributed by atoms with Crippen molar-refractivity contribution in [2.24, 2.45) is 0 Å². The lowest BCUT2D eigenvalue weighted by atomic mass is 10.1. The van der Waals surface area contributed by atoms with Crippen LogP contribution in [0.3, 0.4) is 0 Å². The molecule has 2 aromatic heterocycles. The maximum absolute atomic E-state index is 13.1. The van der Waals surface area contributed by atoms with Crippen LogP contribution in [0.2, 0.25) is 0 Å². The Labute approximate surface area is 167 Å². The molecule has 0 spiro atoms. The van der Waals surface area contributed by atoms with Crippen molar-refractivity contribution in [2.75, 3.05) is 45.3 Å². The van der Waals surface area contributed by atoms with Crippen LogP contribution in [0.1, 0.15) is 10.4 Å². The Morgan fingerprint density at radius 1 is 0.931 bits per heavy atom. The second kappa shape index (κ2) is 8.13. The van der Waals surface area contributed by atoms with E-state index < -0.39 is 0 Å². The van der Waals surface area contributed by atoms with Crippen LogP contribution in [-0.2, 0) is 0 Å². The van der Waals surface area contributed by atoms with Gasteiger partial charge in [0.2, 0.25) is 0 Å². The maximum atomic E-state index is 13.1. The summed E-state index contributed by atoms with van der Waals surface area (Å²) in [5.41, 5.74) is 0.447. The lowest BCUT2D eigenvalue weighted by Crippen LogP contribution is -2.49. The number of aromatic nitrogens is 5. The summed E-state index contributed by atoms with van der Waals surface area (Å²) in [4.78, 5) is 20.9. The number of amides is 1. The Bertz CT molecular complexity index is 946. The van der Waals surface area contributed by atoms with Crippen LogP contribution in [-0.4, -0.2) is 76.2 Å². The number of carbonyl (C=O) groups is 1. The van der Waals surface area contributed by atoms with Gasteiger partial charge >= 0.3 is 0 Å². The zero-order valence-corrected chi connectivity index (χ0v) is 16.2. The van der Waals surface area contributed by atoms with Gasteiger partial charge in [-0.05, 0) is 24.3 Å². The van der Waals surface area contributed by atoms with Crippen LogP contribution in [0.5, 0.6) is 11.5 Å². The highest BCUT2D eigenvalue weighted by molar-refractivity contribution is 5.99. The number of ether oxygens (including phenoxy) is 2. The lowest BCUT2D eigenvalue weighted by Gasteiger charge is -2.35. The topological polar surface area (TPSA) is 98.5 Å². The minimum atomic E-state index is -0.105. The molecule has 0 bridgehead atoms. The largest absolute Gasteiger partial charge is 0.496 e. The van der Waals surface area contributed by atoms with E-state index in [-0.39, 0.29) is 5.91 Å². The molecule has 1 aromatic carbocycles. The maximum Gasteiger partial charge on any atom is 0.261 e. The van der Waals surface area contributed by atoms with Crippen LogP contribution in [0.15, 0.2) is 43.0 Å². The molecule has 150 valence electrons. The van der Waals surface area contributed by atoms with Crippen molar-refractivity contribution in [3.05, 3.63) is 48.5 Å². The van der Waals surface area contributed by atoms with E-state index in [0.29, 0.717) is 49.1 Å². The molecule has 10 nitrogen and oxygen atoms in total. The highest BCUT2D eigenvalue weighted by Gasteiger charge is 2.27. The van der Waals surface area contributed by atoms with E-state index in [0.717, 1.165) is 5.82 Å². The van der Waals surface area contributed by atoms with E-state index in [1.807, 2.05) is 12.1 Å². The highest BCUT2D eigenvalue weighted by Crippen LogP contribution is 2.30. The van der Waals surface area contributed by atoms with Gasteiger partial charge in [0.05, 0.1) is 14.2 Å². The van der Waals surface area contributed by atoms with Gasteiger partial charge in [0.25, 0.3) is 5.91 Å². The smallest absolute Gasteiger partial charge is 0.261 e. The molecule has 1 saturated heterocycles. The zero-order valence-electron chi connectivity index (χ0n) is 16.2. The number of anilines is 1. The summed E-state index contributed by atoms with van der Waals surface area (Å²) in [5, 5.41) is 12.5. The number of hydrogen-bond acceptors (Lipinski definition) is 8. The summed E-state index contributed by atoms with van der Waals surface area (Å²) in [6.07, 6.45) is 3.02. The minimum absolute atomic E-state index is 0.105. The number of carbonyl (C=O) groups excluding carboxylic acids is 1. The molecule has 0 atom stereocenters. The van der Waals surface area contributed by atoms with E-state index in [2.05, 4.69) is 25.2 Å². The highest BCUT2D eigenvalue weighted by atomic mass is 16.5. The van der Waals surface area contributed by atoms with E-state index in [1.165, 1.54) is 6.33 Å². The van der Waals surface area contributed by atoms with E-state index in [9.17, 15) is 4.79 Å². The fraction of sp³-hybridized carbons (Fsp3) is 0.316. The van der Waals surface area contributed by atoms with Crippen LogP contribution < -0.4 is 14.4 Å². The number of methoxy groups -OCH3 is 2. The lowest BCUT2D eigenvalue weighted by molar-refractivity contribution is 0.0739. The van der Waals surface area contributed by atoms with Crippen molar-refractivity contribution < 1.29 is 14.3 Å². The SMILES string of the molecule is COc1cccc(OC)c1C(=O)N1CCN(c2ccc(-n3cncn3)nn2)CC1. The monoisotopic (exact) mass is 395 g/mol. The van der Waals surface area contributed by atoms with Crippen LogP contribution in [0.25, 0.3) is 5.82 Å². The predicted octanol–water partition coefficient (Wildman–Crippen LogP) is 1.04. The quantitative estimate of drug-likeness (QED) is 0.632. The molecule has 0 saturated carbocycles. The first-order valence-corrected chi connectivity index (χ1v) is 9.15. The number of benzene rings is 1. The van der Waals surface area contributed by atoms with Gasteiger partial charge < -0.3 is 19.3 Å². The van der Waals surface area contributed by atoms with Crippen molar-refractivity contribution in [1.29, 1.82) is 0 Å². The van der Waals surface area contributed by atoms with Gasteiger partial charge in [0, 0.05) is 26.2 Å². The summed E-state index contributed by atoms with van der Waals surface area (Å²) in [5.74, 6) is 2.27. The van der Waals surface area contributed by atoms with E-state index in [1.54, 1.807) is 48.3 Å². The molecule has 3 heterocycles. The second-order valence-corrected chi connectivity index (χ2v) is 6.41. The van der Waals surface area contributed by atoms with Gasteiger partial charge in [0.15, 0.2) is 11.6 Å². The first-order valence-electron chi connectivity index (χ1n) is 9.15.